The molecule has 1 saturated heterocycles. The zero-order chi connectivity index (χ0) is 27.5. The Kier molecular flexibility index (Phi) is 7.42. The van der Waals surface area contributed by atoms with E-state index in [1.807, 2.05) is 74.6 Å². The summed E-state index contributed by atoms with van der Waals surface area (Å²) < 4.78 is 6.94. The standard InChI is InChI=1S/C30H29N5O3S/c1-4-26(36)32-23-15-14-22(18-19(23)2)35-28(27(33-30(35)39)24-8-5-6-16-31-24)25-9-7-17-34(25)21-12-10-20(11-13-21)29(37)38-3/h5-18,27-28H,4H2,1-3H3,(H,32,36)(H,33,39)/t27-,28-/m0/s1. The van der Waals surface area contributed by atoms with Crippen LogP contribution >= 0.6 is 12.2 Å². The molecule has 9 heteroatoms. The maximum atomic E-state index is 12.0. The molecule has 2 N–H and O–H groups in total. The molecular formula is C30H29N5O3S. The highest BCUT2D eigenvalue weighted by atomic mass is 32.1. The molecule has 0 aliphatic carbocycles. The minimum Gasteiger partial charge on any atom is -0.465 e. The number of esters is 1. The monoisotopic (exact) mass is 539 g/mol. The molecule has 8 nitrogen and oxygen atoms in total. The minimum absolute atomic E-state index is 0.0339. The Morgan fingerprint density at radius 2 is 1.82 bits per heavy atom. The fourth-order valence-electron chi connectivity index (χ4n) is 4.86. The van der Waals surface area contributed by atoms with Crippen LogP contribution in [0.5, 0.6) is 0 Å². The number of ether oxygens (including phenoxy) is 1. The summed E-state index contributed by atoms with van der Waals surface area (Å²) in [6.07, 6.45) is 4.18. The van der Waals surface area contributed by atoms with Gasteiger partial charge in [0.15, 0.2) is 5.11 Å². The summed E-state index contributed by atoms with van der Waals surface area (Å²) in [7, 11) is 1.37. The number of benzene rings is 2. The predicted molar refractivity (Wildman–Crippen MR) is 155 cm³/mol. The first kappa shape index (κ1) is 26.1. The number of pyridine rings is 1. The number of hydrogen-bond acceptors (Lipinski definition) is 5. The normalized spacial score (nSPS) is 16.6. The number of aromatic nitrogens is 2. The molecule has 1 aliphatic rings. The van der Waals surface area contributed by atoms with Gasteiger partial charge in [0.1, 0.15) is 6.04 Å². The van der Waals surface area contributed by atoms with Gasteiger partial charge in [-0.15, -0.1) is 0 Å². The van der Waals surface area contributed by atoms with E-state index in [-0.39, 0.29) is 24.0 Å². The van der Waals surface area contributed by atoms with E-state index in [0.29, 0.717) is 17.1 Å². The van der Waals surface area contributed by atoms with Crippen LogP contribution in [0.3, 0.4) is 0 Å². The summed E-state index contributed by atoms with van der Waals surface area (Å²) in [5.74, 6) is -0.414. The summed E-state index contributed by atoms with van der Waals surface area (Å²) in [4.78, 5) is 30.7. The topological polar surface area (TPSA) is 88.5 Å². The lowest BCUT2D eigenvalue weighted by molar-refractivity contribution is -0.115. The van der Waals surface area contributed by atoms with Crippen LogP contribution in [0.1, 0.15) is 52.7 Å². The van der Waals surface area contributed by atoms with Gasteiger partial charge in [-0.05, 0) is 91.4 Å². The zero-order valence-electron chi connectivity index (χ0n) is 21.9. The maximum absolute atomic E-state index is 12.0. The van der Waals surface area contributed by atoms with E-state index in [1.165, 1.54) is 7.11 Å². The van der Waals surface area contributed by atoms with Gasteiger partial charge in [0.2, 0.25) is 5.91 Å². The average Bonchev–Trinajstić information content (AvgIpc) is 3.58. The molecule has 0 saturated carbocycles. The van der Waals surface area contributed by atoms with Crippen molar-refractivity contribution in [3.05, 3.63) is 108 Å². The number of anilines is 2. The molecule has 198 valence electrons. The first-order valence-electron chi connectivity index (χ1n) is 12.7. The number of methoxy groups -OCH3 is 1. The highest BCUT2D eigenvalue weighted by Gasteiger charge is 2.42. The van der Waals surface area contributed by atoms with Crippen LogP contribution in [0.25, 0.3) is 5.69 Å². The molecule has 1 aliphatic heterocycles. The first-order chi connectivity index (χ1) is 18.9. The van der Waals surface area contributed by atoms with Gasteiger partial charge >= 0.3 is 5.97 Å². The molecule has 1 amide bonds. The van der Waals surface area contributed by atoms with Gasteiger partial charge in [-0.25, -0.2) is 4.79 Å². The van der Waals surface area contributed by atoms with Gasteiger partial charge in [0, 0.05) is 41.6 Å². The molecule has 1 fully saturated rings. The summed E-state index contributed by atoms with van der Waals surface area (Å²) in [5.41, 5.74) is 5.85. The van der Waals surface area contributed by atoms with Crippen LogP contribution in [0.2, 0.25) is 0 Å². The van der Waals surface area contributed by atoms with Crippen LogP contribution < -0.4 is 15.5 Å². The van der Waals surface area contributed by atoms with Crippen LogP contribution in [-0.4, -0.2) is 33.6 Å². The summed E-state index contributed by atoms with van der Waals surface area (Å²) in [6, 6.07) is 22.7. The van der Waals surface area contributed by atoms with Gasteiger partial charge in [-0.3, -0.25) is 9.78 Å². The van der Waals surface area contributed by atoms with Crippen molar-refractivity contribution in [1.82, 2.24) is 14.9 Å². The Morgan fingerprint density at radius 3 is 2.49 bits per heavy atom. The van der Waals surface area contributed by atoms with Crippen molar-refractivity contribution in [2.45, 2.75) is 32.4 Å². The van der Waals surface area contributed by atoms with E-state index in [0.717, 1.165) is 34.0 Å². The minimum atomic E-state index is -0.380. The SMILES string of the molecule is CCC(=O)Nc1ccc(N2C(=S)N[C@@H](c3ccccn3)[C@@H]2c2cccn2-c2ccc(C(=O)OC)cc2)cc1C. The second-order valence-electron chi connectivity index (χ2n) is 9.24. The van der Waals surface area contributed by atoms with Gasteiger partial charge in [0.25, 0.3) is 0 Å². The third kappa shape index (κ3) is 5.13. The number of aryl methyl sites for hydroxylation is 1. The molecule has 2 aromatic carbocycles. The summed E-state index contributed by atoms with van der Waals surface area (Å²) in [6.45, 7) is 3.80. The van der Waals surface area contributed by atoms with Gasteiger partial charge < -0.3 is 24.8 Å². The van der Waals surface area contributed by atoms with E-state index in [4.69, 9.17) is 17.0 Å². The van der Waals surface area contributed by atoms with Crippen LogP contribution in [-0.2, 0) is 9.53 Å². The Balaban J connectivity index is 1.59. The molecule has 2 aromatic heterocycles. The molecular weight excluding hydrogens is 510 g/mol. The quantitative estimate of drug-likeness (QED) is 0.237. The number of carbonyl (C=O) groups is 2. The van der Waals surface area contributed by atoms with Crippen molar-refractivity contribution in [2.75, 3.05) is 17.3 Å². The van der Waals surface area contributed by atoms with E-state index in [2.05, 4.69) is 31.2 Å². The second-order valence-corrected chi connectivity index (χ2v) is 9.63. The fourth-order valence-corrected chi connectivity index (χ4v) is 5.20. The molecule has 4 aromatic rings. The molecule has 2 atom stereocenters. The third-order valence-electron chi connectivity index (χ3n) is 6.83. The second kappa shape index (κ2) is 11.1. The maximum Gasteiger partial charge on any atom is 0.337 e. The number of amides is 1. The van der Waals surface area contributed by atoms with Gasteiger partial charge in [-0.2, -0.15) is 0 Å². The Morgan fingerprint density at radius 1 is 1.05 bits per heavy atom. The highest BCUT2D eigenvalue weighted by Crippen LogP contribution is 2.43. The molecule has 0 unspecified atom stereocenters. The van der Waals surface area contributed by atoms with Gasteiger partial charge in [-0.1, -0.05) is 13.0 Å². The molecule has 39 heavy (non-hydrogen) atoms. The van der Waals surface area contributed by atoms with E-state index in [1.54, 1.807) is 18.3 Å². The van der Waals surface area contributed by atoms with Crippen molar-refractivity contribution < 1.29 is 14.3 Å². The van der Waals surface area contributed by atoms with E-state index >= 15 is 0 Å². The number of nitrogens with zero attached hydrogens (tertiary/aromatic N) is 3. The Labute approximate surface area is 232 Å². The highest BCUT2D eigenvalue weighted by molar-refractivity contribution is 7.80. The lowest BCUT2D eigenvalue weighted by atomic mass is 10.00. The summed E-state index contributed by atoms with van der Waals surface area (Å²) in [5, 5.41) is 7.03. The van der Waals surface area contributed by atoms with Crippen LogP contribution in [0, 0.1) is 6.92 Å². The van der Waals surface area contributed by atoms with Gasteiger partial charge in [0.05, 0.1) is 24.4 Å². The third-order valence-corrected chi connectivity index (χ3v) is 7.15. The number of carbonyl (C=O) groups excluding carboxylic acids is 2. The van der Waals surface area contributed by atoms with Crippen molar-refractivity contribution in [3.8, 4) is 5.69 Å². The molecule has 0 spiro atoms. The first-order valence-corrected chi connectivity index (χ1v) is 13.1. The number of hydrogen-bond donors (Lipinski definition) is 2. The Hall–Kier alpha value is -4.50. The van der Waals surface area contributed by atoms with Crippen molar-refractivity contribution in [1.29, 1.82) is 0 Å². The number of nitrogens with one attached hydrogen (secondary N) is 2. The largest absolute Gasteiger partial charge is 0.465 e. The number of thiocarbonyl (C=S) groups is 1. The zero-order valence-corrected chi connectivity index (χ0v) is 22.7. The molecule has 0 bridgehead atoms. The van der Waals surface area contributed by atoms with Crippen LogP contribution in [0.4, 0.5) is 11.4 Å². The molecule has 0 radical (unpaired) electrons. The number of rotatable bonds is 7. The van der Waals surface area contributed by atoms with Crippen molar-refractivity contribution in [2.24, 2.45) is 0 Å². The van der Waals surface area contributed by atoms with E-state index < -0.39 is 0 Å². The average molecular weight is 540 g/mol. The smallest absolute Gasteiger partial charge is 0.337 e. The van der Waals surface area contributed by atoms with Crippen LogP contribution in [0.15, 0.2) is 85.2 Å². The van der Waals surface area contributed by atoms with Crippen molar-refractivity contribution in [3.63, 3.8) is 0 Å². The lowest BCUT2D eigenvalue weighted by Crippen LogP contribution is -2.30. The fraction of sp³-hybridized carbons (Fsp3) is 0.200. The van der Waals surface area contributed by atoms with Crippen molar-refractivity contribution >= 4 is 40.6 Å². The molecule has 5 rings (SSSR count). The summed E-state index contributed by atoms with van der Waals surface area (Å²) >= 11 is 5.89. The predicted octanol–water partition coefficient (Wildman–Crippen LogP) is 5.49. The Bertz CT molecular complexity index is 1520. The van der Waals surface area contributed by atoms with E-state index in [9.17, 15) is 9.59 Å². The lowest BCUT2D eigenvalue weighted by Gasteiger charge is -2.29. The molecule has 3 heterocycles.